The van der Waals surface area contributed by atoms with Crippen LogP contribution in [-0.2, 0) is 6.54 Å². The topological polar surface area (TPSA) is 58.9 Å². The van der Waals surface area contributed by atoms with Gasteiger partial charge in [0.15, 0.2) is 0 Å². The summed E-state index contributed by atoms with van der Waals surface area (Å²) in [5.41, 5.74) is 7.15. The van der Waals surface area contributed by atoms with Gasteiger partial charge in [-0.2, -0.15) is 0 Å². The highest BCUT2D eigenvalue weighted by atomic mass is 16.1. The Morgan fingerprint density at radius 1 is 1.60 bits per heavy atom. The van der Waals surface area contributed by atoms with Crippen molar-refractivity contribution in [2.24, 2.45) is 5.73 Å². The van der Waals surface area contributed by atoms with Crippen molar-refractivity contribution in [3.05, 3.63) is 33.7 Å². The predicted octanol–water partition coefficient (Wildman–Crippen LogP) is 0.142. The van der Waals surface area contributed by atoms with Crippen LogP contribution in [0, 0.1) is 6.92 Å². The highest BCUT2D eigenvalue weighted by molar-refractivity contribution is 5.17. The predicted molar refractivity (Wildman–Crippen MR) is 39.7 cm³/mol. The molecular formula is C7H10N2O. The Morgan fingerprint density at radius 2 is 2.30 bits per heavy atom. The van der Waals surface area contributed by atoms with Gasteiger partial charge < -0.3 is 10.7 Å². The summed E-state index contributed by atoms with van der Waals surface area (Å²) in [5, 5.41) is 0. The number of nitrogens with one attached hydrogen (secondary N) is 1. The smallest absolute Gasteiger partial charge is 0.248 e. The monoisotopic (exact) mass is 138 g/mol. The lowest BCUT2D eigenvalue weighted by Crippen LogP contribution is -2.09. The molecule has 0 fully saturated rings. The summed E-state index contributed by atoms with van der Waals surface area (Å²) in [5.74, 6) is 0. The first-order chi connectivity index (χ1) is 4.74. The SMILES string of the molecule is Cc1[nH]c(=O)ccc1CN. The van der Waals surface area contributed by atoms with Crippen molar-refractivity contribution in [2.45, 2.75) is 13.5 Å². The van der Waals surface area contributed by atoms with E-state index in [2.05, 4.69) is 4.98 Å². The third kappa shape index (κ3) is 1.25. The average Bonchev–Trinajstić information content (AvgIpc) is 1.88. The first-order valence-electron chi connectivity index (χ1n) is 3.13. The minimum atomic E-state index is -0.0744. The average molecular weight is 138 g/mol. The summed E-state index contributed by atoms with van der Waals surface area (Å²) in [6.45, 7) is 2.31. The van der Waals surface area contributed by atoms with Gasteiger partial charge in [-0.25, -0.2) is 0 Å². The Bertz CT molecular complexity index is 277. The van der Waals surface area contributed by atoms with Crippen LogP contribution in [0.1, 0.15) is 11.3 Å². The molecule has 0 atom stereocenters. The number of pyridine rings is 1. The first kappa shape index (κ1) is 7.02. The normalized spacial score (nSPS) is 9.80. The molecule has 3 nitrogen and oxygen atoms in total. The van der Waals surface area contributed by atoms with Gasteiger partial charge in [-0.3, -0.25) is 4.79 Å². The van der Waals surface area contributed by atoms with Gasteiger partial charge in [-0.1, -0.05) is 6.07 Å². The van der Waals surface area contributed by atoms with Gasteiger partial charge in [-0.05, 0) is 12.5 Å². The van der Waals surface area contributed by atoms with E-state index in [1.54, 1.807) is 6.07 Å². The first-order valence-corrected chi connectivity index (χ1v) is 3.13. The minimum Gasteiger partial charge on any atom is -0.326 e. The van der Waals surface area contributed by atoms with E-state index in [0.717, 1.165) is 11.3 Å². The van der Waals surface area contributed by atoms with Gasteiger partial charge in [0, 0.05) is 18.3 Å². The molecule has 0 bridgehead atoms. The van der Waals surface area contributed by atoms with E-state index < -0.39 is 0 Å². The van der Waals surface area contributed by atoms with Crippen LogP contribution in [-0.4, -0.2) is 4.98 Å². The molecule has 0 aromatic carbocycles. The van der Waals surface area contributed by atoms with E-state index in [0.29, 0.717) is 6.54 Å². The molecule has 0 unspecified atom stereocenters. The molecule has 0 radical (unpaired) electrons. The minimum absolute atomic E-state index is 0.0744. The lowest BCUT2D eigenvalue weighted by atomic mass is 10.2. The zero-order valence-corrected chi connectivity index (χ0v) is 5.85. The number of hydrogen-bond acceptors (Lipinski definition) is 2. The fourth-order valence-corrected chi connectivity index (χ4v) is 0.829. The third-order valence-corrected chi connectivity index (χ3v) is 1.45. The lowest BCUT2D eigenvalue weighted by Gasteiger charge is -1.98. The Hall–Kier alpha value is -1.09. The number of aryl methyl sites for hydroxylation is 1. The van der Waals surface area contributed by atoms with Crippen molar-refractivity contribution in [3.8, 4) is 0 Å². The van der Waals surface area contributed by atoms with Crippen LogP contribution < -0.4 is 11.3 Å². The van der Waals surface area contributed by atoms with Crippen molar-refractivity contribution in [2.75, 3.05) is 0 Å². The molecule has 0 saturated carbocycles. The second-order valence-electron chi connectivity index (χ2n) is 2.18. The van der Waals surface area contributed by atoms with Crippen molar-refractivity contribution in [1.29, 1.82) is 0 Å². The van der Waals surface area contributed by atoms with Gasteiger partial charge in [0.1, 0.15) is 0 Å². The lowest BCUT2D eigenvalue weighted by molar-refractivity contribution is 0.993. The molecule has 0 aliphatic heterocycles. The quantitative estimate of drug-likeness (QED) is 0.580. The fourth-order valence-electron chi connectivity index (χ4n) is 0.829. The summed E-state index contributed by atoms with van der Waals surface area (Å²) in [6.07, 6.45) is 0. The molecule has 1 rings (SSSR count). The van der Waals surface area contributed by atoms with E-state index in [-0.39, 0.29) is 5.56 Å². The molecule has 1 aromatic heterocycles. The Labute approximate surface area is 58.9 Å². The van der Waals surface area contributed by atoms with E-state index in [4.69, 9.17) is 5.73 Å². The molecule has 3 N–H and O–H groups in total. The zero-order valence-electron chi connectivity index (χ0n) is 5.85. The van der Waals surface area contributed by atoms with Crippen molar-refractivity contribution >= 4 is 0 Å². The number of aromatic nitrogens is 1. The number of rotatable bonds is 1. The molecule has 0 saturated heterocycles. The molecule has 1 aromatic rings. The Morgan fingerprint density at radius 3 is 2.80 bits per heavy atom. The summed E-state index contributed by atoms with van der Waals surface area (Å²) in [6, 6.07) is 3.23. The van der Waals surface area contributed by atoms with E-state index in [1.807, 2.05) is 6.92 Å². The number of nitrogens with two attached hydrogens (primary N) is 1. The summed E-state index contributed by atoms with van der Waals surface area (Å²) < 4.78 is 0. The van der Waals surface area contributed by atoms with Gasteiger partial charge in [0.05, 0.1) is 0 Å². The maximum absolute atomic E-state index is 10.7. The summed E-state index contributed by atoms with van der Waals surface area (Å²) >= 11 is 0. The van der Waals surface area contributed by atoms with E-state index in [9.17, 15) is 4.79 Å². The van der Waals surface area contributed by atoms with Gasteiger partial charge in [0.25, 0.3) is 0 Å². The standard InChI is InChI=1S/C7H10N2O/c1-5-6(4-8)2-3-7(10)9-5/h2-3H,4,8H2,1H3,(H,9,10). The highest BCUT2D eigenvalue weighted by Gasteiger charge is 1.93. The largest absolute Gasteiger partial charge is 0.326 e. The van der Waals surface area contributed by atoms with E-state index in [1.165, 1.54) is 6.07 Å². The van der Waals surface area contributed by atoms with Crippen molar-refractivity contribution in [3.63, 3.8) is 0 Å². The van der Waals surface area contributed by atoms with E-state index >= 15 is 0 Å². The second kappa shape index (κ2) is 2.66. The van der Waals surface area contributed by atoms with Crippen LogP contribution in [0.3, 0.4) is 0 Å². The maximum Gasteiger partial charge on any atom is 0.248 e. The number of H-pyrrole nitrogens is 1. The number of hydrogen-bond donors (Lipinski definition) is 2. The Balaban J connectivity index is 3.19. The molecule has 0 amide bonds. The van der Waals surface area contributed by atoms with Crippen LogP contribution in [0.2, 0.25) is 0 Å². The summed E-state index contributed by atoms with van der Waals surface area (Å²) in [4.78, 5) is 13.3. The highest BCUT2D eigenvalue weighted by Crippen LogP contribution is 1.97. The van der Waals surface area contributed by atoms with Crippen LogP contribution >= 0.6 is 0 Å². The second-order valence-corrected chi connectivity index (χ2v) is 2.18. The van der Waals surface area contributed by atoms with Crippen LogP contribution in [0.4, 0.5) is 0 Å². The van der Waals surface area contributed by atoms with Crippen molar-refractivity contribution in [1.82, 2.24) is 4.98 Å². The summed E-state index contributed by atoms with van der Waals surface area (Å²) in [7, 11) is 0. The molecular weight excluding hydrogens is 128 g/mol. The number of aromatic amines is 1. The molecule has 0 aliphatic rings. The van der Waals surface area contributed by atoms with Crippen LogP contribution in [0.25, 0.3) is 0 Å². The van der Waals surface area contributed by atoms with Gasteiger partial charge in [-0.15, -0.1) is 0 Å². The Kier molecular flexibility index (Phi) is 1.87. The molecule has 0 aliphatic carbocycles. The molecule has 54 valence electrons. The fraction of sp³-hybridized carbons (Fsp3) is 0.286. The third-order valence-electron chi connectivity index (χ3n) is 1.45. The van der Waals surface area contributed by atoms with Crippen LogP contribution in [0.15, 0.2) is 16.9 Å². The molecule has 10 heavy (non-hydrogen) atoms. The molecule has 1 heterocycles. The van der Waals surface area contributed by atoms with Crippen LogP contribution in [0.5, 0.6) is 0 Å². The van der Waals surface area contributed by atoms with Gasteiger partial charge >= 0.3 is 0 Å². The van der Waals surface area contributed by atoms with Gasteiger partial charge in [0.2, 0.25) is 5.56 Å². The molecule has 0 spiro atoms. The molecule has 3 heteroatoms. The van der Waals surface area contributed by atoms with Crippen molar-refractivity contribution < 1.29 is 0 Å². The zero-order chi connectivity index (χ0) is 7.56. The maximum atomic E-state index is 10.7.